The molecule has 0 aliphatic carbocycles. The van der Waals surface area contributed by atoms with Crippen molar-refractivity contribution in [2.75, 3.05) is 5.73 Å². The third-order valence-electron chi connectivity index (χ3n) is 1.95. The highest BCUT2D eigenvalue weighted by molar-refractivity contribution is 5.38. The molecule has 0 radical (unpaired) electrons. The van der Waals surface area contributed by atoms with E-state index in [2.05, 4.69) is 5.10 Å². The lowest BCUT2D eigenvalue weighted by Crippen LogP contribution is -2.19. The minimum atomic E-state index is -0.222. The van der Waals surface area contributed by atoms with E-state index in [9.17, 15) is 4.79 Å². The van der Waals surface area contributed by atoms with Crippen LogP contribution in [-0.4, -0.2) is 14.3 Å². The van der Waals surface area contributed by atoms with Crippen LogP contribution in [0, 0.1) is 0 Å². The Bertz CT molecular complexity index is 512. The molecule has 0 saturated carbocycles. The number of rotatable bonds is 1. The van der Waals surface area contributed by atoms with Crippen molar-refractivity contribution < 1.29 is 0 Å². The number of hydrogen-bond acceptors (Lipinski definition) is 3. The Balaban J connectivity index is 2.63. The van der Waals surface area contributed by atoms with E-state index in [1.807, 2.05) is 0 Å². The second-order valence-corrected chi connectivity index (χ2v) is 3.01. The van der Waals surface area contributed by atoms with Crippen LogP contribution in [0.25, 0.3) is 5.69 Å². The zero-order valence-electron chi connectivity index (χ0n) is 7.71. The minimum Gasteiger partial charge on any atom is -0.394 e. The molecule has 0 fully saturated rings. The molecule has 0 aliphatic heterocycles. The van der Waals surface area contributed by atoms with Crippen LogP contribution in [0.4, 0.5) is 5.69 Å². The van der Waals surface area contributed by atoms with Crippen molar-refractivity contribution in [3.63, 3.8) is 0 Å². The Kier molecular flexibility index (Phi) is 1.85. The maximum atomic E-state index is 11.6. The fourth-order valence-corrected chi connectivity index (χ4v) is 1.25. The fourth-order valence-electron chi connectivity index (χ4n) is 1.25. The van der Waals surface area contributed by atoms with Crippen LogP contribution >= 0.6 is 0 Å². The number of hydrogen-bond donors (Lipinski definition) is 1. The van der Waals surface area contributed by atoms with E-state index >= 15 is 0 Å². The summed E-state index contributed by atoms with van der Waals surface area (Å²) in [5.41, 5.74) is 6.23. The zero-order valence-corrected chi connectivity index (χ0v) is 7.71. The van der Waals surface area contributed by atoms with Gasteiger partial charge in [0.1, 0.15) is 0 Å². The first-order chi connectivity index (χ1) is 6.68. The predicted molar refractivity (Wildman–Crippen MR) is 53.2 cm³/mol. The van der Waals surface area contributed by atoms with Gasteiger partial charge in [-0.15, -0.1) is 0 Å². The van der Waals surface area contributed by atoms with Gasteiger partial charge in [0.25, 0.3) is 5.56 Å². The Hall–Kier alpha value is -2.04. The molecule has 0 atom stereocenters. The van der Waals surface area contributed by atoms with Crippen LogP contribution < -0.4 is 11.3 Å². The summed E-state index contributed by atoms with van der Waals surface area (Å²) in [6, 6.07) is 3.30. The van der Waals surface area contributed by atoms with Crippen LogP contribution in [0.2, 0.25) is 0 Å². The molecule has 72 valence electrons. The van der Waals surface area contributed by atoms with Crippen LogP contribution in [0.5, 0.6) is 0 Å². The molecule has 0 unspecified atom stereocenters. The van der Waals surface area contributed by atoms with Gasteiger partial charge in [0.15, 0.2) is 0 Å². The molecular weight excluding hydrogens is 180 g/mol. The first kappa shape index (κ1) is 8.55. The molecule has 2 N–H and O–H groups in total. The smallest absolute Gasteiger partial charge is 0.278 e. The van der Waals surface area contributed by atoms with Gasteiger partial charge in [-0.25, -0.2) is 0 Å². The average Bonchev–Trinajstić information content (AvgIpc) is 2.57. The molecule has 5 nitrogen and oxygen atoms in total. The molecule has 0 bridgehead atoms. The first-order valence-electron chi connectivity index (χ1n) is 4.14. The largest absolute Gasteiger partial charge is 0.394 e. The number of nitrogens with zero attached hydrogens (tertiary/aromatic N) is 3. The quantitative estimate of drug-likeness (QED) is 0.696. The minimum absolute atomic E-state index is 0.222. The summed E-state index contributed by atoms with van der Waals surface area (Å²) in [6.07, 6.45) is 5.03. The molecule has 0 amide bonds. The van der Waals surface area contributed by atoms with E-state index in [1.54, 1.807) is 42.5 Å². The van der Waals surface area contributed by atoms with Crippen molar-refractivity contribution >= 4 is 5.69 Å². The standard InChI is InChI=1S/C9H10N4O/c1-12-6-7(5-11-12)13-4-2-3-8(10)9(13)14/h2-6H,10H2,1H3. The summed E-state index contributed by atoms with van der Waals surface area (Å²) in [5.74, 6) is 0. The van der Waals surface area contributed by atoms with Crippen molar-refractivity contribution in [2.45, 2.75) is 0 Å². The summed E-state index contributed by atoms with van der Waals surface area (Å²) in [5, 5.41) is 3.98. The van der Waals surface area contributed by atoms with Crippen molar-refractivity contribution in [3.8, 4) is 5.69 Å². The van der Waals surface area contributed by atoms with E-state index in [4.69, 9.17) is 5.73 Å². The summed E-state index contributed by atoms with van der Waals surface area (Å²) < 4.78 is 3.09. The SMILES string of the molecule is Cn1cc(-n2cccc(N)c2=O)cn1. The van der Waals surface area contributed by atoms with Crippen molar-refractivity contribution in [3.05, 3.63) is 41.1 Å². The summed E-state index contributed by atoms with van der Waals surface area (Å²) in [6.45, 7) is 0. The van der Waals surface area contributed by atoms with Crippen molar-refractivity contribution in [2.24, 2.45) is 7.05 Å². The van der Waals surface area contributed by atoms with Gasteiger partial charge in [-0.3, -0.25) is 14.0 Å². The van der Waals surface area contributed by atoms with Crippen molar-refractivity contribution in [1.82, 2.24) is 14.3 Å². The van der Waals surface area contributed by atoms with Crippen LogP contribution in [0.3, 0.4) is 0 Å². The predicted octanol–water partition coefficient (Wildman–Crippen LogP) is 0.153. The molecule has 2 heterocycles. The Labute approximate surface area is 80.4 Å². The lowest BCUT2D eigenvalue weighted by molar-refractivity contribution is 0.767. The molecule has 2 aromatic rings. The average molecular weight is 190 g/mol. The molecule has 0 saturated heterocycles. The van der Waals surface area contributed by atoms with Gasteiger partial charge in [0, 0.05) is 19.4 Å². The molecule has 2 aromatic heterocycles. The monoisotopic (exact) mass is 190 g/mol. The molecule has 14 heavy (non-hydrogen) atoms. The van der Waals surface area contributed by atoms with E-state index in [0.717, 1.165) is 0 Å². The van der Waals surface area contributed by atoms with E-state index in [-0.39, 0.29) is 11.2 Å². The van der Waals surface area contributed by atoms with Gasteiger partial charge in [0.05, 0.1) is 17.6 Å². The molecule has 5 heteroatoms. The number of aryl methyl sites for hydroxylation is 1. The highest BCUT2D eigenvalue weighted by atomic mass is 16.1. The molecular formula is C9H10N4O. The maximum Gasteiger partial charge on any atom is 0.278 e. The van der Waals surface area contributed by atoms with E-state index < -0.39 is 0 Å². The highest BCUT2D eigenvalue weighted by Crippen LogP contribution is 2.03. The number of nitrogens with two attached hydrogens (primary N) is 1. The van der Waals surface area contributed by atoms with Crippen LogP contribution in [0.15, 0.2) is 35.5 Å². The third kappa shape index (κ3) is 1.28. The molecule has 0 aliphatic rings. The van der Waals surface area contributed by atoms with Gasteiger partial charge in [0.2, 0.25) is 0 Å². The Morgan fingerprint density at radius 3 is 2.93 bits per heavy atom. The van der Waals surface area contributed by atoms with E-state index in [0.29, 0.717) is 5.69 Å². The Morgan fingerprint density at radius 1 is 1.50 bits per heavy atom. The normalized spacial score (nSPS) is 10.4. The summed E-state index contributed by atoms with van der Waals surface area (Å²) >= 11 is 0. The molecule has 0 spiro atoms. The topological polar surface area (TPSA) is 65.8 Å². The molecule has 2 rings (SSSR count). The lowest BCUT2D eigenvalue weighted by atomic mass is 10.4. The van der Waals surface area contributed by atoms with Crippen molar-refractivity contribution in [1.29, 1.82) is 0 Å². The second-order valence-electron chi connectivity index (χ2n) is 3.01. The highest BCUT2D eigenvalue weighted by Gasteiger charge is 2.02. The van der Waals surface area contributed by atoms with Gasteiger partial charge in [-0.1, -0.05) is 0 Å². The van der Waals surface area contributed by atoms with Crippen LogP contribution in [-0.2, 0) is 7.05 Å². The number of anilines is 1. The Morgan fingerprint density at radius 2 is 2.29 bits per heavy atom. The van der Waals surface area contributed by atoms with Gasteiger partial charge >= 0.3 is 0 Å². The lowest BCUT2D eigenvalue weighted by Gasteiger charge is -2.01. The zero-order chi connectivity index (χ0) is 10.1. The van der Waals surface area contributed by atoms with Gasteiger partial charge < -0.3 is 5.73 Å². The third-order valence-corrected chi connectivity index (χ3v) is 1.95. The van der Waals surface area contributed by atoms with E-state index in [1.165, 1.54) is 4.57 Å². The van der Waals surface area contributed by atoms with Gasteiger partial charge in [-0.2, -0.15) is 5.10 Å². The van der Waals surface area contributed by atoms with Gasteiger partial charge in [-0.05, 0) is 12.1 Å². The number of nitrogen functional groups attached to an aromatic ring is 1. The molecule has 0 aromatic carbocycles. The first-order valence-corrected chi connectivity index (χ1v) is 4.14. The fraction of sp³-hybridized carbons (Fsp3) is 0.111. The number of aromatic nitrogens is 3. The summed E-state index contributed by atoms with van der Waals surface area (Å²) in [7, 11) is 1.79. The maximum absolute atomic E-state index is 11.6. The summed E-state index contributed by atoms with van der Waals surface area (Å²) in [4.78, 5) is 11.6. The second kappa shape index (κ2) is 3.02. The number of pyridine rings is 1. The van der Waals surface area contributed by atoms with Crippen LogP contribution in [0.1, 0.15) is 0 Å².